The Hall–Kier alpha value is -1.77. The highest BCUT2D eigenvalue weighted by molar-refractivity contribution is 5.89. The number of carboxylic acids is 1. The monoisotopic (exact) mass is 259 g/mol. The zero-order chi connectivity index (χ0) is 14.4. The highest BCUT2D eigenvalue weighted by atomic mass is 16.4. The van der Waals surface area contributed by atoms with E-state index in [0.29, 0.717) is 0 Å². The second-order valence-electron chi connectivity index (χ2n) is 6.01. The molecule has 0 radical (unpaired) electrons. The van der Waals surface area contributed by atoms with Crippen molar-refractivity contribution in [3.05, 3.63) is 34.5 Å². The molecular weight excluding hydrogens is 238 g/mol. The Morgan fingerprint density at radius 1 is 1.26 bits per heavy atom. The molecule has 102 valence electrons. The minimum atomic E-state index is -0.761. The lowest BCUT2D eigenvalue weighted by molar-refractivity contribution is -0.138. The van der Waals surface area contributed by atoms with Gasteiger partial charge in [-0.2, -0.15) is 0 Å². The molecular formula is C16H21NO2. The van der Waals surface area contributed by atoms with Crippen molar-refractivity contribution in [1.82, 2.24) is 4.98 Å². The molecule has 0 fully saturated rings. The summed E-state index contributed by atoms with van der Waals surface area (Å²) < 4.78 is 0. The van der Waals surface area contributed by atoms with Gasteiger partial charge in [0.15, 0.2) is 0 Å². The molecule has 0 bridgehead atoms. The van der Waals surface area contributed by atoms with Crippen LogP contribution in [-0.2, 0) is 10.2 Å². The Morgan fingerprint density at radius 2 is 1.89 bits per heavy atom. The lowest BCUT2D eigenvalue weighted by Gasteiger charge is -2.23. The maximum atomic E-state index is 11.1. The lowest BCUT2D eigenvalue weighted by Crippen LogP contribution is -2.22. The van der Waals surface area contributed by atoms with Crippen LogP contribution in [-0.4, -0.2) is 16.1 Å². The van der Waals surface area contributed by atoms with E-state index in [-0.39, 0.29) is 11.8 Å². The van der Waals surface area contributed by atoms with Crippen LogP contribution in [0.15, 0.2) is 12.1 Å². The summed E-state index contributed by atoms with van der Waals surface area (Å²) in [6.07, 6.45) is 0.133. The molecule has 0 spiro atoms. The highest BCUT2D eigenvalue weighted by Crippen LogP contribution is 2.37. The summed E-state index contributed by atoms with van der Waals surface area (Å²) in [7, 11) is 0. The molecule has 0 saturated carbocycles. The number of carboxylic acid groups (broad SMARTS) is 1. The van der Waals surface area contributed by atoms with Crippen molar-refractivity contribution in [2.24, 2.45) is 0 Å². The van der Waals surface area contributed by atoms with Gasteiger partial charge in [-0.15, -0.1) is 0 Å². The van der Waals surface area contributed by atoms with Crippen LogP contribution in [0.2, 0.25) is 0 Å². The molecule has 1 heterocycles. The van der Waals surface area contributed by atoms with Gasteiger partial charge in [0, 0.05) is 22.0 Å². The maximum Gasteiger partial charge on any atom is 0.304 e. The summed E-state index contributed by atoms with van der Waals surface area (Å²) in [5.74, 6) is -0.761. The summed E-state index contributed by atoms with van der Waals surface area (Å²) in [5.41, 5.74) is 5.42. The molecule has 19 heavy (non-hydrogen) atoms. The number of hydrogen-bond donors (Lipinski definition) is 2. The Kier molecular flexibility index (Phi) is 3.17. The van der Waals surface area contributed by atoms with Gasteiger partial charge < -0.3 is 10.1 Å². The number of hydrogen-bond acceptors (Lipinski definition) is 1. The van der Waals surface area contributed by atoms with Crippen molar-refractivity contribution in [2.45, 2.75) is 46.5 Å². The maximum absolute atomic E-state index is 11.1. The van der Waals surface area contributed by atoms with Crippen LogP contribution in [0.4, 0.5) is 0 Å². The van der Waals surface area contributed by atoms with Crippen LogP contribution in [0.25, 0.3) is 10.9 Å². The summed E-state index contributed by atoms with van der Waals surface area (Å²) in [6.45, 7) is 10.2. The van der Waals surface area contributed by atoms with E-state index in [9.17, 15) is 4.79 Å². The van der Waals surface area contributed by atoms with Crippen LogP contribution in [0.3, 0.4) is 0 Å². The second kappa shape index (κ2) is 4.41. The minimum absolute atomic E-state index is 0.133. The van der Waals surface area contributed by atoms with Crippen LogP contribution in [0.5, 0.6) is 0 Å². The van der Waals surface area contributed by atoms with Crippen LogP contribution < -0.4 is 0 Å². The van der Waals surface area contributed by atoms with Gasteiger partial charge in [-0.25, -0.2) is 0 Å². The van der Waals surface area contributed by atoms with Gasteiger partial charge in [0.2, 0.25) is 0 Å². The van der Waals surface area contributed by atoms with E-state index in [1.807, 2.05) is 20.8 Å². The normalized spacial score (nSPS) is 12.1. The Morgan fingerprint density at radius 3 is 2.47 bits per heavy atom. The second-order valence-corrected chi connectivity index (χ2v) is 6.01. The zero-order valence-electron chi connectivity index (χ0n) is 12.2. The van der Waals surface area contributed by atoms with Crippen molar-refractivity contribution >= 4 is 16.9 Å². The van der Waals surface area contributed by atoms with E-state index in [1.165, 1.54) is 11.1 Å². The number of aromatic amines is 1. The quantitative estimate of drug-likeness (QED) is 0.879. The molecule has 1 aromatic heterocycles. The minimum Gasteiger partial charge on any atom is -0.481 e. The van der Waals surface area contributed by atoms with Gasteiger partial charge in [0.1, 0.15) is 0 Å². The third-order valence-electron chi connectivity index (χ3n) is 3.96. The first-order valence-electron chi connectivity index (χ1n) is 6.55. The number of fused-ring (bicyclic) bond motifs is 1. The number of carbonyl (C=O) groups is 1. The molecule has 2 N–H and O–H groups in total. The SMILES string of the molecule is Cc1ccc2c(C(C)(C)CC(=O)O)c(C)[nH]c2c1C. The Bertz CT molecular complexity index is 650. The fourth-order valence-corrected chi connectivity index (χ4v) is 2.98. The zero-order valence-corrected chi connectivity index (χ0v) is 12.2. The molecule has 0 aliphatic carbocycles. The van der Waals surface area contributed by atoms with Crippen LogP contribution in [0.1, 0.15) is 42.7 Å². The largest absolute Gasteiger partial charge is 0.481 e. The first kappa shape index (κ1) is 13.7. The first-order valence-corrected chi connectivity index (χ1v) is 6.55. The number of aryl methyl sites for hydroxylation is 3. The molecule has 0 unspecified atom stereocenters. The van der Waals surface area contributed by atoms with Crippen molar-refractivity contribution in [3.8, 4) is 0 Å². The molecule has 0 atom stereocenters. The molecule has 0 aliphatic rings. The third kappa shape index (κ3) is 2.25. The highest BCUT2D eigenvalue weighted by Gasteiger charge is 2.29. The fourth-order valence-electron chi connectivity index (χ4n) is 2.98. The van der Waals surface area contributed by atoms with E-state index < -0.39 is 5.97 Å². The van der Waals surface area contributed by atoms with Gasteiger partial charge in [-0.1, -0.05) is 26.0 Å². The van der Waals surface area contributed by atoms with Crippen molar-refractivity contribution in [3.63, 3.8) is 0 Å². The fraction of sp³-hybridized carbons (Fsp3) is 0.438. The van der Waals surface area contributed by atoms with Crippen LogP contribution in [0, 0.1) is 20.8 Å². The first-order chi connectivity index (χ1) is 8.74. The van der Waals surface area contributed by atoms with Crippen molar-refractivity contribution < 1.29 is 9.90 Å². The van der Waals surface area contributed by atoms with Crippen molar-refractivity contribution in [1.29, 1.82) is 0 Å². The van der Waals surface area contributed by atoms with Gasteiger partial charge in [-0.05, 0) is 37.5 Å². The molecule has 2 rings (SSSR count). The predicted molar refractivity (Wildman–Crippen MR) is 77.8 cm³/mol. The van der Waals surface area contributed by atoms with E-state index in [4.69, 9.17) is 5.11 Å². The predicted octanol–water partition coefficient (Wildman–Crippen LogP) is 3.85. The number of rotatable bonds is 3. The molecule has 3 nitrogen and oxygen atoms in total. The molecule has 2 aromatic rings. The lowest BCUT2D eigenvalue weighted by atomic mass is 9.79. The Labute approximate surface area is 113 Å². The standard InChI is InChI=1S/C16H21NO2/c1-9-6-7-12-14(16(4,5)8-13(18)19)11(3)17-15(12)10(9)2/h6-7,17H,8H2,1-5H3,(H,18,19). The molecule has 0 amide bonds. The average molecular weight is 259 g/mol. The summed E-state index contributed by atoms with van der Waals surface area (Å²) in [4.78, 5) is 14.5. The van der Waals surface area contributed by atoms with Crippen LogP contribution >= 0.6 is 0 Å². The molecule has 1 aromatic carbocycles. The summed E-state index contributed by atoms with van der Waals surface area (Å²) in [5, 5.41) is 10.2. The number of benzene rings is 1. The summed E-state index contributed by atoms with van der Waals surface area (Å²) in [6, 6.07) is 4.20. The Balaban J connectivity index is 2.71. The van der Waals surface area contributed by atoms with Gasteiger partial charge in [-0.3, -0.25) is 4.79 Å². The van der Waals surface area contributed by atoms with Gasteiger partial charge in [0.05, 0.1) is 6.42 Å². The summed E-state index contributed by atoms with van der Waals surface area (Å²) >= 11 is 0. The van der Waals surface area contributed by atoms with Crippen molar-refractivity contribution in [2.75, 3.05) is 0 Å². The molecule has 0 aliphatic heterocycles. The topological polar surface area (TPSA) is 53.1 Å². The number of H-pyrrole nitrogens is 1. The number of aliphatic carboxylic acids is 1. The number of aromatic nitrogens is 1. The number of nitrogens with one attached hydrogen (secondary N) is 1. The molecule has 3 heteroatoms. The van der Waals surface area contributed by atoms with E-state index in [1.54, 1.807) is 0 Å². The van der Waals surface area contributed by atoms with E-state index in [0.717, 1.165) is 22.2 Å². The smallest absolute Gasteiger partial charge is 0.304 e. The van der Waals surface area contributed by atoms with E-state index in [2.05, 4.69) is 31.0 Å². The van der Waals surface area contributed by atoms with Gasteiger partial charge in [0.25, 0.3) is 0 Å². The molecule has 0 saturated heterocycles. The average Bonchev–Trinajstić information content (AvgIpc) is 2.60. The van der Waals surface area contributed by atoms with Gasteiger partial charge >= 0.3 is 5.97 Å². The van der Waals surface area contributed by atoms with E-state index >= 15 is 0 Å². The third-order valence-corrected chi connectivity index (χ3v) is 3.96.